The third kappa shape index (κ3) is 7.97. The smallest absolute Gasteiger partial charge is 0.280 e. The number of anilines is 2. The van der Waals surface area contributed by atoms with Crippen LogP contribution >= 0.6 is 11.3 Å². The minimum absolute atomic E-state index is 0.0965. The minimum Gasteiger partial charge on any atom is -0.348 e. The van der Waals surface area contributed by atoms with E-state index >= 15 is 0 Å². The molecule has 2 atom stereocenters. The highest BCUT2D eigenvalue weighted by Gasteiger charge is 2.30. The van der Waals surface area contributed by atoms with E-state index in [0.717, 1.165) is 45.8 Å². The zero-order valence-corrected chi connectivity index (χ0v) is 27.0. The van der Waals surface area contributed by atoms with Crippen molar-refractivity contribution in [2.45, 2.75) is 86.0 Å². The maximum absolute atomic E-state index is 13.6. The molecule has 1 aromatic heterocycles. The standard InChI is InChI=1S/C36H48N4OS/c1-6-10-18-28(8-3)25-39(26-29(9-4)19-11-7-2)36-37-34(30-20-14-12-15-21-30)33(42-36)24-32-27(5)38-40(35(32)41)31-22-16-13-17-23-31/h12-17,20-24,28-29H,6-11,18-19,25-26H2,1-5H3/b32-24-. The van der Waals surface area contributed by atoms with Crippen LogP contribution in [0.1, 0.15) is 90.9 Å². The van der Waals surface area contributed by atoms with Crippen molar-refractivity contribution in [2.24, 2.45) is 16.9 Å². The maximum atomic E-state index is 13.6. The van der Waals surface area contributed by atoms with Crippen LogP contribution in [0.5, 0.6) is 0 Å². The van der Waals surface area contributed by atoms with Crippen LogP contribution in [-0.4, -0.2) is 29.7 Å². The lowest BCUT2D eigenvalue weighted by molar-refractivity contribution is -0.114. The van der Waals surface area contributed by atoms with Gasteiger partial charge in [0.15, 0.2) is 5.13 Å². The number of hydrogen-bond acceptors (Lipinski definition) is 5. The Morgan fingerprint density at radius 3 is 1.98 bits per heavy atom. The number of amides is 1. The monoisotopic (exact) mass is 584 g/mol. The predicted octanol–water partition coefficient (Wildman–Crippen LogP) is 9.86. The van der Waals surface area contributed by atoms with Crippen molar-refractivity contribution in [3.63, 3.8) is 0 Å². The van der Waals surface area contributed by atoms with Gasteiger partial charge in [0.05, 0.1) is 27.5 Å². The summed E-state index contributed by atoms with van der Waals surface area (Å²) in [5.74, 6) is 1.19. The van der Waals surface area contributed by atoms with Crippen molar-refractivity contribution in [1.29, 1.82) is 0 Å². The molecule has 0 bridgehead atoms. The van der Waals surface area contributed by atoms with Gasteiger partial charge in [0.2, 0.25) is 0 Å². The fraction of sp³-hybridized carbons (Fsp3) is 0.472. The Balaban J connectivity index is 1.74. The van der Waals surface area contributed by atoms with Gasteiger partial charge < -0.3 is 4.90 Å². The van der Waals surface area contributed by atoms with Crippen molar-refractivity contribution in [1.82, 2.24) is 4.98 Å². The molecular weight excluding hydrogens is 536 g/mol. The second-order valence-corrected chi connectivity index (χ2v) is 12.5. The summed E-state index contributed by atoms with van der Waals surface area (Å²) in [4.78, 5) is 22.5. The van der Waals surface area contributed by atoms with Gasteiger partial charge in [0, 0.05) is 18.7 Å². The molecule has 1 aliphatic rings. The van der Waals surface area contributed by atoms with Gasteiger partial charge in [-0.2, -0.15) is 10.1 Å². The third-order valence-electron chi connectivity index (χ3n) is 8.34. The lowest BCUT2D eigenvalue weighted by Gasteiger charge is -2.30. The third-order valence-corrected chi connectivity index (χ3v) is 9.41. The molecule has 0 aliphatic carbocycles. The Morgan fingerprint density at radius 2 is 1.43 bits per heavy atom. The van der Waals surface area contributed by atoms with Gasteiger partial charge >= 0.3 is 0 Å². The van der Waals surface area contributed by atoms with E-state index in [1.807, 2.05) is 49.4 Å². The van der Waals surface area contributed by atoms with E-state index in [0.29, 0.717) is 17.4 Å². The molecule has 1 amide bonds. The number of aromatic nitrogens is 1. The SMILES string of the molecule is CCCCC(CC)CN(CC(CC)CCCC)c1nc(-c2ccccc2)c(/C=C2\C(=O)N(c3ccccc3)N=C2C)s1. The first-order valence-electron chi connectivity index (χ1n) is 16.0. The molecule has 1 aliphatic heterocycles. The van der Waals surface area contributed by atoms with E-state index in [2.05, 4.69) is 62.0 Å². The van der Waals surface area contributed by atoms with Crippen LogP contribution in [0.25, 0.3) is 17.3 Å². The molecule has 5 nitrogen and oxygen atoms in total. The Labute approximate surface area is 257 Å². The highest BCUT2D eigenvalue weighted by Crippen LogP contribution is 2.37. The number of carbonyl (C=O) groups excluding carboxylic acids is 1. The molecule has 0 saturated carbocycles. The van der Waals surface area contributed by atoms with Crippen LogP contribution in [0.3, 0.4) is 0 Å². The van der Waals surface area contributed by atoms with Crippen LogP contribution in [0.2, 0.25) is 0 Å². The van der Waals surface area contributed by atoms with Crippen LogP contribution < -0.4 is 9.91 Å². The topological polar surface area (TPSA) is 48.8 Å². The Kier molecular flexibility index (Phi) is 11.9. The Morgan fingerprint density at radius 1 is 0.857 bits per heavy atom. The number of nitrogens with zero attached hydrogens (tertiary/aromatic N) is 4. The van der Waals surface area contributed by atoms with Crippen molar-refractivity contribution < 1.29 is 4.79 Å². The Hall–Kier alpha value is -3.25. The lowest BCUT2D eigenvalue weighted by atomic mass is 9.96. The summed E-state index contributed by atoms with van der Waals surface area (Å²) in [6.45, 7) is 13.2. The summed E-state index contributed by atoms with van der Waals surface area (Å²) in [5, 5.41) is 7.20. The van der Waals surface area contributed by atoms with Crippen LogP contribution in [0.4, 0.5) is 10.8 Å². The van der Waals surface area contributed by atoms with Crippen LogP contribution in [-0.2, 0) is 4.79 Å². The number of para-hydroxylation sites is 1. The van der Waals surface area contributed by atoms with Gasteiger partial charge in [0.1, 0.15) is 0 Å². The summed E-state index contributed by atoms with van der Waals surface area (Å²) < 4.78 is 0. The molecule has 0 saturated heterocycles. The number of benzene rings is 2. The summed E-state index contributed by atoms with van der Waals surface area (Å²) >= 11 is 1.72. The van der Waals surface area contributed by atoms with Gasteiger partial charge in [-0.1, -0.05) is 126 Å². The fourth-order valence-corrected chi connectivity index (χ4v) is 6.65. The molecule has 3 aromatic rings. The molecule has 2 unspecified atom stereocenters. The molecule has 0 N–H and O–H groups in total. The summed E-state index contributed by atoms with van der Waals surface area (Å²) in [5.41, 5.74) is 4.14. The maximum Gasteiger partial charge on any atom is 0.280 e. The van der Waals surface area contributed by atoms with Crippen molar-refractivity contribution >= 4 is 39.9 Å². The first-order chi connectivity index (χ1) is 20.5. The van der Waals surface area contributed by atoms with E-state index in [9.17, 15) is 4.79 Å². The van der Waals surface area contributed by atoms with Gasteiger partial charge in [-0.05, 0) is 49.8 Å². The van der Waals surface area contributed by atoms with E-state index in [-0.39, 0.29) is 5.91 Å². The summed E-state index contributed by atoms with van der Waals surface area (Å²) in [6, 6.07) is 20.0. The minimum atomic E-state index is -0.0965. The van der Waals surface area contributed by atoms with E-state index < -0.39 is 0 Å². The molecule has 2 aromatic carbocycles. The van der Waals surface area contributed by atoms with Gasteiger partial charge in [0.25, 0.3) is 5.91 Å². The van der Waals surface area contributed by atoms with Crippen molar-refractivity contribution in [2.75, 3.05) is 23.0 Å². The molecule has 0 radical (unpaired) electrons. The first-order valence-corrected chi connectivity index (χ1v) is 16.8. The van der Waals surface area contributed by atoms with Crippen molar-refractivity contribution in [3.05, 3.63) is 71.1 Å². The molecule has 42 heavy (non-hydrogen) atoms. The highest BCUT2D eigenvalue weighted by molar-refractivity contribution is 7.17. The zero-order chi connectivity index (χ0) is 29.9. The molecule has 4 rings (SSSR count). The molecule has 0 spiro atoms. The van der Waals surface area contributed by atoms with E-state index in [4.69, 9.17) is 4.98 Å². The summed E-state index contributed by atoms with van der Waals surface area (Å²) in [7, 11) is 0. The second-order valence-electron chi connectivity index (χ2n) is 11.5. The number of carbonyl (C=O) groups is 1. The lowest BCUT2D eigenvalue weighted by Crippen LogP contribution is -2.34. The van der Waals surface area contributed by atoms with Crippen LogP contribution in [0, 0.1) is 11.8 Å². The van der Waals surface area contributed by atoms with Gasteiger partial charge in [-0.25, -0.2) is 4.98 Å². The van der Waals surface area contributed by atoms with Crippen LogP contribution in [0.15, 0.2) is 71.3 Å². The molecule has 2 heterocycles. The number of rotatable bonds is 16. The average molecular weight is 585 g/mol. The van der Waals surface area contributed by atoms with Crippen molar-refractivity contribution in [3.8, 4) is 11.3 Å². The average Bonchev–Trinajstić information content (AvgIpc) is 3.57. The number of unbranched alkanes of at least 4 members (excludes halogenated alkanes) is 2. The van der Waals surface area contributed by atoms with Gasteiger partial charge in [-0.3, -0.25) is 4.79 Å². The zero-order valence-electron chi connectivity index (χ0n) is 26.2. The summed E-state index contributed by atoms with van der Waals surface area (Å²) in [6.07, 6.45) is 11.9. The molecular formula is C36H48N4OS. The normalized spacial score (nSPS) is 15.7. The number of thiazole rings is 1. The molecule has 6 heteroatoms. The predicted molar refractivity (Wildman–Crippen MR) is 181 cm³/mol. The van der Waals surface area contributed by atoms with E-state index in [1.54, 1.807) is 11.3 Å². The Bertz CT molecular complexity index is 1310. The highest BCUT2D eigenvalue weighted by atomic mass is 32.1. The van der Waals surface area contributed by atoms with Gasteiger partial charge in [-0.15, -0.1) is 0 Å². The number of hydrogen-bond donors (Lipinski definition) is 0. The largest absolute Gasteiger partial charge is 0.348 e. The quantitative estimate of drug-likeness (QED) is 0.157. The molecule has 0 fully saturated rings. The first kappa shape index (κ1) is 31.7. The fourth-order valence-electron chi connectivity index (χ4n) is 5.60. The second kappa shape index (κ2) is 15.8. The van der Waals surface area contributed by atoms with E-state index in [1.165, 1.54) is 56.4 Å². The number of hydrazone groups is 1. The molecule has 224 valence electrons.